The Morgan fingerprint density at radius 2 is 2.04 bits per heavy atom. The van der Waals surface area contributed by atoms with Gasteiger partial charge in [0.05, 0.1) is 0 Å². The fraction of sp³-hybridized carbons (Fsp3) is 0.818. The monoisotopic (exact) mass is 336 g/mol. The zero-order valence-electron chi connectivity index (χ0n) is 17.3. The van der Waals surface area contributed by atoms with Gasteiger partial charge in [-0.3, -0.25) is 0 Å². The van der Waals surface area contributed by atoms with Crippen LogP contribution in [0.1, 0.15) is 86.5 Å². The number of hydrogen-bond donors (Lipinski definition) is 2. The highest BCUT2D eigenvalue weighted by atomic mass is 14.8. The molecule has 0 saturated heterocycles. The maximum Gasteiger partial charge on any atom is 0.0167 e. The molecule has 2 heteroatoms. The minimum atomic E-state index is 0.659. The molecule has 24 heavy (non-hydrogen) atoms. The van der Waals surface area contributed by atoms with Crippen LogP contribution in [0.4, 0.5) is 0 Å². The summed E-state index contributed by atoms with van der Waals surface area (Å²) >= 11 is 0. The number of unbranched alkanes of at least 4 members (excludes halogenated alkanes) is 1. The van der Waals surface area contributed by atoms with Crippen LogP contribution in [0.5, 0.6) is 0 Å². The average molecular weight is 337 g/mol. The van der Waals surface area contributed by atoms with Gasteiger partial charge in [-0.15, -0.1) is 0 Å². The first-order valence-corrected chi connectivity index (χ1v) is 10.4. The fourth-order valence-corrected chi connectivity index (χ4v) is 3.12. The first kappa shape index (κ1) is 23.2. The van der Waals surface area contributed by atoms with Crippen molar-refractivity contribution in [1.29, 1.82) is 0 Å². The number of hydrogen-bond acceptors (Lipinski definition) is 2. The van der Waals surface area contributed by atoms with Gasteiger partial charge in [0, 0.05) is 6.54 Å². The second-order valence-electron chi connectivity index (χ2n) is 7.46. The summed E-state index contributed by atoms with van der Waals surface area (Å²) in [6.07, 6.45) is 13.5. The van der Waals surface area contributed by atoms with E-state index in [1.54, 1.807) is 5.57 Å². The summed E-state index contributed by atoms with van der Waals surface area (Å²) in [5.41, 5.74) is 9.06. The maximum absolute atomic E-state index is 5.94. The number of nitrogens with two attached hydrogens (primary N) is 1. The summed E-state index contributed by atoms with van der Waals surface area (Å²) < 4.78 is 0. The molecule has 0 spiro atoms. The SMILES string of the molecule is CC.CCCC/C(=C\C1=CNCC(C)CC1)CCC(CN)C(C)C. The number of rotatable bonds is 9. The zero-order chi connectivity index (χ0) is 18.4. The molecule has 1 aliphatic rings. The van der Waals surface area contributed by atoms with E-state index >= 15 is 0 Å². The summed E-state index contributed by atoms with van der Waals surface area (Å²) in [6.45, 7) is 15.1. The number of nitrogens with one attached hydrogen (secondary N) is 1. The van der Waals surface area contributed by atoms with Crippen molar-refractivity contribution >= 4 is 0 Å². The summed E-state index contributed by atoms with van der Waals surface area (Å²) in [5.74, 6) is 2.13. The van der Waals surface area contributed by atoms with Crippen LogP contribution in [0.2, 0.25) is 0 Å². The first-order chi connectivity index (χ1) is 11.6. The Balaban J connectivity index is 0.00000254. The third kappa shape index (κ3) is 10.2. The molecule has 142 valence electrons. The molecule has 2 unspecified atom stereocenters. The van der Waals surface area contributed by atoms with Crippen molar-refractivity contribution in [2.75, 3.05) is 13.1 Å². The van der Waals surface area contributed by atoms with Gasteiger partial charge in [-0.1, -0.05) is 59.6 Å². The molecule has 0 aliphatic carbocycles. The van der Waals surface area contributed by atoms with E-state index in [9.17, 15) is 0 Å². The Kier molecular flexibility index (Phi) is 14.1. The fourth-order valence-electron chi connectivity index (χ4n) is 3.12. The molecule has 0 saturated carbocycles. The lowest BCUT2D eigenvalue weighted by atomic mass is 9.88. The van der Waals surface area contributed by atoms with E-state index in [-0.39, 0.29) is 0 Å². The molecule has 0 amide bonds. The van der Waals surface area contributed by atoms with Gasteiger partial charge in [-0.25, -0.2) is 0 Å². The van der Waals surface area contributed by atoms with Crippen molar-refractivity contribution in [1.82, 2.24) is 5.32 Å². The summed E-state index contributed by atoms with van der Waals surface area (Å²) in [7, 11) is 0. The molecular weight excluding hydrogens is 292 g/mol. The Labute approximate surface area is 152 Å². The summed E-state index contributed by atoms with van der Waals surface area (Å²) in [6, 6.07) is 0. The second kappa shape index (κ2) is 14.6. The van der Waals surface area contributed by atoms with Crippen molar-refractivity contribution in [2.45, 2.75) is 86.5 Å². The van der Waals surface area contributed by atoms with E-state index in [0.29, 0.717) is 11.8 Å². The maximum atomic E-state index is 5.94. The Bertz CT molecular complexity index is 355. The van der Waals surface area contributed by atoms with E-state index in [1.165, 1.54) is 50.5 Å². The van der Waals surface area contributed by atoms with E-state index in [1.807, 2.05) is 13.8 Å². The van der Waals surface area contributed by atoms with Gasteiger partial charge in [0.15, 0.2) is 0 Å². The zero-order valence-corrected chi connectivity index (χ0v) is 17.3. The molecule has 1 heterocycles. The molecule has 0 aromatic carbocycles. The molecule has 1 aliphatic heterocycles. The molecule has 0 radical (unpaired) electrons. The van der Waals surface area contributed by atoms with Crippen molar-refractivity contribution < 1.29 is 0 Å². The summed E-state index contributed by atoms with van der Waals surface area (Å²) in [4.78, 5) is 0. The van der Waals surface area contributed by atoms with E-state index in [4.69, 9.17) is 5.73 Å². The molecule has 0 aromatic rings. The van der Waals surface area contributed by atoms with Gasteiger partial charge in [-0.05, 0) is 74.6 Å². The highest BCUT2D eigenvalue weighted by molar-refractivity contribution is 5.24. The van der Waals surface area contributed by atoms with Crippen LogP contribution in [0.3, 0.4) is 0 Å². The van der Waals surface area contributed by atoms with Gasteiger partial charge in [0.25, 0.3) is 0 Å². The van der Waals surface area contributed by atoms with Crippen molar-refractivity contribution in [3.63, 3.8) is 0 Å². The molecule has 1 rings (SSSR count). The lowest BCUT2D eigenvalue weighted by molar-refractivity contribution is 0.367. The van der Waals surface area contributed by atoms with Gasteiger partial charge >= 0.3 is 0 Å². The molecule has 2 atom stereocenters. The third-order valence-corrected chi connectivity index (χ3v) is 5.00. The van der Waals surface area contributed by atoms with Crippen LogP contribution in [0, 0.1) is 17.8 Å². The smallest absolute Gasteiger partial charge is 0.0167 e. The van der Waals surface area contributed by atoms with E-state index < -0.39 is 0 Å². The third-order valence-electron chi connectivity index (χ3n) is 5.00. The lowest BCUT2D eigenvalue weighted by Crippen LogP contribution is -2.19. The first-order valence-electron chi connectivity index (χ1n) is 10.4. The Hall–Kier alpha value is -0.760. The topological polar surface area (TPSA) is 38.0 Å². The molecule has 0 bridgehead atoms. The van der Waals surface area contributed by atoms with Gasteiger partial charge in [-0.2, -0.15) is 0 Å². The van der Waals surface area contributed by atoms with Crippen LogP contribution in [0.25, 0.3) is 0 Å². The van der Waals surface area contributed by atoms with Crippen molar-refractivity contribution in [3.8, 4) is 0 Å². The van der Waals surface area contributed by atoms with Crippen LogP contribution >= 0.6 is 0 Å². The van der Waals surface area contributed by atoms with Gasteiger partial charge in [0.1, 0.15) is 0 Å². The standard InChI is InChI=1S/C20H38N2.C2H6/c1-5-6-7-18(10-11-20(13-21)16(2)3)12-19-9-8-17(4)14-22-15-19;1-2/h12,15-17,20,22H,5-11,13-14,21H2,1-4H3;1-2H3/b18-12+;. The molecule has 0 aromatic heterocycles. The van der Waals surface area contributed by atoms with Crippen LogP contribution < -0.4 is 11.1 Å². The molecular formula is C22H44N2. The van der Waals surface area contributed by atoms with Gasteiger partial charge < -0.3 is 11.1 Å². The molecule has 2 nitrogen and oxygen atoms in total. The Morgan fingerprint density at radius 3 is 2.62 bits per heavy atom. The van der Waals surface area contributed by atoms with Crippen LogP contribution in [0.15, 0.2) is 23.4 Å². The quantitative estimate of drug-likeness (QED) is 0.538. The van der Waals surface area contributed by atoms with Crippen molar-refractivity contribution in [2.24, 2.45) is 23.5 Å². The van der Waals surface area contributed by atoms with E-state index in [0.717, 1.165) is 19.0 Å². The van der Waals surface area contributed by atoms with E-state index in [2.05, 4.69) is 45.3 Å². The second-order valence-corrected chi connectivity index (χ2v) is 7.46. The number of allylic oxidation sites excluding steroid dienone is 3. The molecule has 0 fully saturated rings. The van der Waals surface area contributed by atoms with Crippen LogP contribution in [-0.4, -0.2) is 13.1 Å². The molecule has 3 N–H and O–H groups in total. The average Bonchev–Trinajstić information content (AvgIpc) is 2.78. The van der Waals surface area contributed by atoms with Crippen LogP contribution in [-0.2, 0) is 0 Å². The van der Waals surface area contributed by atoms with Gasteiger partial charge in [0.2, 0.25) is 0 Å². The largest absolute Gasteiger partial charge is 0.390 e. The predicted molar refractivity (Wildman–Crippen MR) is 110 cm³/mol. The predicted octanol–water partition coefficient (Wildman–Crippen LogP) is 6.04. The summed E-state index contributed by atoms with van der Waals surface area (Å²) in [5, 5.41) is 3.48. The highest BCUT2D eigenvalue weighted by Gasteiger charge is 2.13. The Morgan fingerprint density at radius 1 is 1.33 bits per heavy atom. The minimum Gasteiger partial charge on any atom is -0.390 e. The lowest BCUT2D eigenvalue weighted by Gasteiger charge is -2.19. The highest BCUT2D eigenvalue weighted by Crippen LogP contribution is 2.25. The van der Waals surface area contributed by atoms with Crippen molar-refractivity contribution in [3.05, 3.63) is 23.4 Å². The normalized spacial score (nSPS) is 19.8. The minimum absolute atomic E-state index is 0.659.